The first-order valence-corrected chi connectivity index (χ1v) is 9.42. The predicted octanol–water partition coefficient (Wildman–Crippen LogP) is 0.542. The second kappa shape index (κ2) is 6.78. The maximum absolute atomic E-state index is 13.2. The normalized spacial score (nSPS) is 27.4. The Hall–Kier alpha value is -1.89. The molecule has 3 aliphatic rings. The van der Waals surface area contributed by atoms with Crippen molar-refractivity contribution in [3.8, 4) is 0 Å². The molecule has 1 aliphatic carbocycles. The predicted molar refractivity (Wildman–Crippen MR) is 92.6 cm³/mol. The zero-order valence-corrected chi connectivity index (χ0v) is 14.9. The van der Waals surface area contributed by atoms with Gasteiger partial charge in [0, 0.05) is 58.1 Å². The van der Waals surface area contributed by atoms with Gasteiger partial charge in [-0.3, -0.25) is 9.59 Å². The quantitative estimate of drug-likeness (QED) is 0.868. The number of rotatable bonds is 3. The van der Waals surface area contributed by atoms with Gasteiger partial charge < -0.3 is 19.7 Å². The summed E-state index contributed by atoms with van der Waals surface area (Å²) in [6.45, 7) is 3.64. The number of piperidine rings is 1. The van der Waals surface area contributed by atoms with Gasteiger partial charge in [0.1, 0.15) is 11.9 Å². The van der Waals surface area contributed by atoms with Crippen LogP contribution < -0.4 is 5.32 Å². The molecule has 4 rings (SSSR count). The van der Waals surface area contributed by atoms with Crippen LogP contribution in [-0.4, -0.2) is 63.9 Å². The first-order chi connectivity index (χ1) is 12.1. The van der Waals surface area contributed by atoms with Crippen molar-refractivity contribution in [1.82, 2.24) is 24.7 Å². The maximum Gasteiger partial charge on any atom is 0.228 e. The summed E-state index contributed by atoms with van der Waals surface area (Å²) in [5, 5.41) is 3.38. The highest BCUT2D eigenvalue weighted by molar-refractivity contribution is 5.83. The molecule has 2 atom stereocenters. The van der Waals surface area contributed by atoms with Crippen LogP contribution in [0.3, 0.4) is 0 Å². The Morgan fingerprint density at radius 3 is 2.72 bits per heavy atom. The fraction of sp³-hybridized carbons (Fsp3) is 0.722. The van der Waals surface area contributed by atoms with E-state index in [9.17, 15) is 9.59 Å². The van der Waals surface area contributed by atoms with E-state index in [1.165, 1.54) is 0 Å². The zero-order valence-electron chi connectivity index (χ0n) is 14.9. The van der Waals surface area contributed by atoms with Crippen LogP contribution in [0.2, 0.25) is 0 Å². The number of piperazine rings is 1. The lowest BCUT2D eigenvalue weighted by Gasteiger charge is -2.40. The highest BCUT2D eigenvalue weighted by Crippen LogP contribution is 2.33. The first kappa shape index (κ1) is 16.6. The minimum atomic E-state index is -0.0719. The van der Waals surface area contributed by atoms with E-state index in [4.69, 9.17) is 0 Å². The van der Waals surface area contributed by atoms with E-state index in [-0.39, 0.29) is 29.7 Å². The zero-order chi connectivity index (χ0) is 17.4. The third-order valence-corrected chi connectivity index (χ3v) is 5.69. The van der Waals surface area contributed by atoms with E-state index in [0.29, 0.717) is 13.1 Å². The van der Waals surface area contributed by atoms with E-state index in [1.807, 2.05) is 27.6 Å². The van der Waals surface area contributed by atoms with Crippen LogP contribution in [0.25, 0.3) is 0 Å². The SMILES string of the molecule is Cn1ccnc1C1CNCCN1C(=O)C1CCCN(C(=O)C2CC2)C1. The Morgan fingerprint density at radius 2 is 2.00 bits per heavy atom. The Labute approximate surface area is 148 Å². The Balaban J connectivity index is 1.48. The molecule has 1 aromatic heterocycles. The molecule has 3 heterocycles. The number of nitrogens with one attached hydrogen (secondary N) is 1. The van der Waals surface area contributed by atoms with Crippen LogP contribution in [0.4, 0.5) is 0 Å². The topological polar surface area (TPSA) is 70.5 Å². The number of carbonyl (C=O) groups is 2. The fourth-order valence-corrected chi connectivity index (χ4v) is 4.10. The molecule has 7 nitrogen and oxygen atoms in total. The molecule has 1 aromatic rings. The van der Waals surface area contributed by atoms with Crippen LogP contribution in [0.5, 0.6) is 0 Å². The van der Waals surface area contributed by atoms with Crippen molar-refractivity contribution in [3.05, 3.63) is 18.2 Å². The van der Waals surface area contributed by atoms with Gasteiger partial charge in [-0.15, -0.1) is 0 Å². The fourth-order valence-electron chi connectivity index (χ4n) is 4.10. The van der Waals surface area contributed by atoms with Crippen LogP contribution in [0.15, 0.2) is 12.4 Å². The van der Waals surface area contributed by atoms with Crippen molar-refractivity contribution >= 4 is 11.8 Å². The molecule has 3 fully saturated rings. The number of likely N-dealkylation sites (tertiary alicyclic amines) is 1. The van der Waals surface area contributed by atoms with Gasteiger partial charge in [0.15, 0.2) is 0 Å². The summed E-state index contributed by atoms with van der Waals surface area (Å²) in [4.78, 5) is 34.0. The third-order valence-electron chi connectivity index (χ3n) is 5.69. The molecule has 7 heteroatoms. The number of hydrogen-bond acceptors (Lipinski definition) is 4. The second-order valence-corrected chi connectivity index (χ2v) is 7.55. The first-order valence-electron chi connectivity index (χ1n) is 9.42. The number of amides is 2. The monoisotopic (exact) mass is 345 g/mol. The lowest BCUT2D eigenvalue weighted by Crippen LogP contribution is -2.53. The Kier molecular flexibility index (Phi) is 4.50. The van der Waals surface area contributed by atoms with E-state index < -0.39 is 0 Å². The van der Waals surface area contributed by atoms with Crippen LogP contribution in [-0.2, 0) is 16.6 Å². The summed E-state index contributed by atoms with van der Waals surface area (Å²) in [7, 11) is 1.97. The molecule has 0 bridgehead atoms. The molecule has 0 spiro atoms. The van der Waals surface area contributed by atoms with Crippen molar-refractivity contribution in [3.63, 3.8) is 0 Å². The molecular weight excluding hydrogens is 318 g/mol. The molecular formula is C18H27N5O2. The van der Waals surface area contributed by atoms with Gasteiger partial charge in [0.2, 0.25) is 11.8 Å². The molecule has 25 heavy (non-hydrogen) atoms. The van der Waals surface area contributed by atoms with Crippen LogP contribution in [0, 0.1) is 11.8 Å². The van der Waals surface area contributed by atoms with Gasteiger partial charge >= 0.3 is 0 Å². The minimum absolute atomic E-state index is 0.0317. The van der Waals surface area contributed by atoms with Crippen molar-refractivity contribution in [2.75, 3.05) is 32.7 Å². The second-order valence-electron chi connectivity index (χ2n) is 7.55. The number of aryl methyl sites for hydroxylation is 1. The van der Waals surface area contributed by atoms with Crippen molar-refractivity contribution < 1.29 is 9.59 Å². The number of carbonyl (C=O) groups excluding carboxylic acids is 2. The lowest BCUT2D eigenvalue weighted by molar-refractivity contribution is -0.144. The molecule has 0 radical (unpaired) electrons. The summed E-state index contributed by atoms with van der Waals surface area (Å²) >= 11 is 0. The van der Waals surface area contributed by atoms with Crippen LogP contribution in [0.1, 0.15) is 37.5 Å². The van der Waals surface area contributed by atoms with Crippen molar-refractivity contribution in [2.45, 2.75) is 31.7 Å². The number of aromatic nitrogens is 2. The molecule has 136 valence electrons. The number of imidazole rings is 1. The summed E-state index contributed by atoms with van der Waals surface area (Å²) < 4.78 is 1.99. The maximum atomic E-state index is 13.2. The minimum Gasteiger partial charge on any atom is -0.342 e. The van der Waals surface area contributed by atoms with E-state index in [0.717, 1.165) is 51.1 Å². The molecule has 2 amide bonds. The van der Waals surface area contributed by atoms with Gasteiger partial charge in [0.05, 0.1) is 5.92 Å². The van der Waals surface area contributed by atoms with Gasteiger partial charge in [-0.2, -0.15) is 0 Å². The summed E-state index contributed by atoms with van der Waals surface area (Å²) in [6, 6.07) is -0.0317. The lowest BCUT2D eigenvalue weighted by atomic mass is 9.95. The molecule has 1 N–H and O–H groups in total. The summed E-state index contributed by atoms with van der Waals surface area (Å²) in [5.41, 5.74) is 0. The highest BCUT2D eigenvalue weighted by Gasteiger charge is 2.39. The summed E-state index contributed by atoms with van der Waals surface area (Å²) in [5.74, 6) is 1.52. The van der Waals surface area contributed by atoms with E-state index >= 15 is 0 Å². The molecule has 2 saturated heterocycles. The van der Waals surface area contributed by atoms with E-state index in [1.54, 1.807) is 6.20 Å². The number of hydrogen-bond donors (Lipinski definition) is 1. The molecule has 2 unspecified atom stereocenters. The smallest absolute Gasteiger partial charge is 0.228 e. The average molecular weight is 345 g/mol. The molecule has 0 aromatic carbocycles. The van der Waals surface area contributed by atoms with Gasteiger partial charge in [-0.05, 0) is 25.7 Å². The third kappa shape index (κ3) is 3.29. The van der Waals surface area contributed by atoms with Crippen molar-refractivity contribution in [1.29, 1.82) is 0 Å². The van der Waals surface area contributed by atoms with E-state index in [2.05, 4.69) is 10.3 Å². The molecule has 1 saturated carbocycles. The van der Waals surface area contributed by atoms with Gasteiger partial charge in [-0.1, -0.05) is 0 Å². The standard InChI is InChI=1S/C18H27N5O2/c1-21-9-7-20-16(21)15-11-19-6-10-23(15)18(25)14-3-2-8-22(12-14)17(24)13-4-5-13/h7,9,13-15,19H,2-6,8,10-12H2,1H3. The largest absolute Gasteiger partial charge is 0.342 e. The Morgan fingerprint density at radius 1 is 1.16 bits per heavy atom. The highest BCUT2D eigenvalue weighted by atomic mass is 16.2. The molecule has 2 aliphatic heterocycles. The summed E-state index contributed by atoms with van der Waals surface area (Å²) in [6.07, 6.45) is 7.55. The van der Waals surface area contributed by atoms with Gasteiger partial charge in [0.25, 0.3) is 0 Å². The van der Waals surface area contributed by atoms with Crippen molar-refractivity contribution in [2.24, 2.45) is 18.9 Å². The Bertz CT molecular complexity index is 654. The van der Waals surface area contributed by atoms with Crippen LogP contribution >= 0.6 is 0 Å². The average Bonchev–Trinajstić information content (AvgIpc) is 3.42. The van der Waals surface area contributed by atoms with Gasteiger partial charge in [-0.25, -0.2) is 4.98 Å². The number of nitrogens with zero attached hydrogens (tertiary/aromatic N) is 4.